The van der Waals surface area contributed by atoms with Gasteiger partial charge in [-0.05, 0) is 69.1 Å². The zero-order chi connectivity index (χ0) is 16.8. The molecule has 3 N–H and O–H groups in total. The molecule has 4 nitrogen and oxygen atoms in total. The molecular formula is C18H28FN3O. The summed E-state index contributed by atoms with van der Waals surface area (Å²) in [5.41, 5.74) is 6.97. The molecule has 2 rings (SSSR count). The number of likely N-dealkylation sites (tertiary alicyclic amines) is 1. The molecule has 128 valence electrons. The topological polar surface area (TPSA) is 58.4 Å². The number of hydrogen-bond acceptors (Lipinski definition) is 3. The maximum Gasteiger partial charge on any atom is 0.227 e. The average molecular weight is 321 g/mol. The molecule has 5 heteroatoms. The molecule has 1 aromatic rings. The fourth-order valence-corrected chi connectivity index (χ4v) is 2.97. The Labute approximate surface area is 138 Å². The van der Waals surface area contributed by atoms with Gasteiger partial charge in [0.2, 0.25) is 5.91 Å². The summed E-state index contributed by atoms with van der Waals surface area (Å²) in [5.74, 6) is -0.260. The summed E-state index contributed by atoms with van der Waals surface area (Å²) >= 11 is 0. The van der Waals surface area contributed by atoms with E-state index in [1.807, 2.05) is 6.07 Å². The number of amides is 1. The van der Waals surface area contributed by atoms with Crippen LogP contribution in [0.15, 0.2) is 18.2 Å². The molecule has 0 radical (unpaired) electrons. The molecule has 1 amide bonds. The highest BCUT2D eigenvalue weighted by molar-refractivity contribution is 5.92. The summed E-state index contributed by atoms with van der Waals surface area (Å²) in [6.07, 6.45) is 3.16. The van der Waals surface area contributed by atoms with Crippen LogP contribution in [0.2, 0.25) is 0 Å². The maximum absolute atomic E-state index is 13.9. The number of anilines is 1. The Morgan fingerprint density at radius 2 is 2.09 bits per heavy atom. The Hall–Kier alpha value is -1.46. The summed E-state index contributed by atoms with van der Waals surface area (Å²) in [7, 11) is 0. The fourth-order valence-electron chi connectivity index (χ4n) is 2.97. The number of halogens is 1. The zero-order valence-electron chi connectivity index (χ0n) is 14.1. The van der Waals surface area contributed by atoms with Crippen molar-refractivity contribution in [3.05, 3.63) is 29.6 Å². The van der Waals surface area contributed by atoms with Crippen LogP contribution in [-0.2, 0) is 4.79 Å². The number of nitrogens with one attached hydrogen (secondary N) is 1. The minimum Gasteiger partial charge on any atom is -0.330 e. The van der Waals surface area contributed by atoms with Crippen LogP contribution in [0.1, 0.15) is 44.6 Å². The normalized spacial score (nSPS) is 16.7. The lowest BCUT2D eigenvalue weighted by atomic mass is 9.89. The summed E-state index contributed by atoms with van der Waals surface area (Å²) in [6.45, 7) is 7.49. The van der Waals surface area contributed by atoms with Crippen LogP contribution in [0.4, 0.5) is 10.1 Å². The lowest BCUT2D eigenvalue weighted by Gasteiger charge is -2.32. The first kappa shape index (κ1) is 17.9. The zero-order valence-corrected chi connectivity index (χ0v) is 14.1. The van der Waals surface area contributed by atoms with Gasteiger partial charge in [-0.2, -0.15) is 0 Å². The molecule has 23 heavy (non-hydrogen) atoms. The minimum absolute atomic E-state index is 0.155. The molecule has 0 atom stereocenters. The first-order valence-electron chi connectivity index (χ1n) is 8.54. The molecule has 1 fully saturated rings. The summed E-state index contributed by atoms with van der Waals surface area (Å²) in [5, 5.41) is 2.69. The molecule has 1 aromatic carbocycles. The van der Waals surface area contributed by atoms with Gasteiger partial charge in [-0.3, -0.25) is 4.79 Å². The van der Waals surface area contributed by atoms with E-state index in [-0.39, 0.29) is 17.6 Å². The van der Waals surface area contributed by atoms with Gasteiger partial charge in [0.15, 0.2) is 0 Å². The van der Waals surface area contributed by atoms with Crippen molar-refractivity contribution in [3.63, 3.8) is 0 Å². The van der Waals surface area contributed by atoms with Crippen LogP contribution in [0, 0.1) is 11.7 Å². The monoisotopic (exact) mass is 321 g/mol. The summed E-state index contributed by atoms with van der Waals surface area (Å²) in [6, 6.07) is 5.11. The number of nitrogens with zero attached hydrogens (tertiary/aromatic N) is 1. The number of carbonyl (C=O) groups excluding carboxylic acids is 1. The Morgan fingerprint density at radius 3 is 2.70 bits per heavy atom. The van der Waals surface area contributed by atoms with Gasteiger partial charge in [-0.1, -0.05) is 19.9 Å². The van der Waals surface area contributed by atoms with Crippen LogP contribution in [0.25, 0.3) is 0 Å². The molecule has 0 spiro atoms. The molecule has 0 aliphatic carbocycles. The van der Waals surface area contributed by atoms with Gasteiger partial charge < -0.3 is 16.0 Å². The molecule has 0 unspecified atom stereocenters. The molecule has 1 heterocycles. The average Bonchev–Trinajstić information content (AvgIpc) is 2.55. The van der Waals surface area contributed by atoms with Crippen molar-refractivity contribution in [3.8, 4) is 0 Å². The maximum atomic E-state index is 13.9. The highest BCUT2D eigenvalue weighted by Crippen LogP contribution is 2.30. The van der Waals surface area contributed by atoms with Gasteiger partial charge in [0, 0.05) is 5.92 Å². The van der Waals surface area contributed by atoms with E-state index in [9.17, 15) is 9.18 Å². The minimum atomic E-state index is -0.372. The summed E-state index contributed by atoms with van der Waals surface area (Å²) < 4.78 is 13.9. The van der Waals surface area contributed by atoms with Crippen molar-refractivity contribution in [2.45, 2.75) is 39.0 Å². The third-order valence-corrected chi connectivity index (χ3v) is 4.51. The van der Waals surface area contributed by atoms with Crippen molar-refractivity contribution < 1.29 is 9.18 Å². The van der Waals surface area contributed by atoms with Crippen molar-refractivity contribution in [2.24, 2.45) is 11.7 Å². The van der Waals surface area contributed by atoms with Gasteiger partial charge in [0.25, 0.3) is 0 Å². The highest BCUT2D eigenvalue weighted by Gasteiger charge is 2.21. The van der Waals surface area contributed by atoms with Crippen LogP contribution in [0.3, 0.4) is 0 Å². The number of nitrogens with two attached hydrogens (primary N) is 1. The number of carbonyl (C=O) groups is 1. The van der Waals surface area contributed by atoms with Crippen molar-refractivity contribution >= 4 is 11.6 Å². The molecule has 1 aliphatic rings. The van der Waals surface area contributed by atoms with Crippen molar-refractivity contribution in [2.75, 3.05) is 31.5 Å². The van der Waals surface area contributed by atoms with E-state index in [2.05, 4.69) is 10.2 Å². The number of piperidine rings is 1. The quantitative estimate of drug-likeness (QED) is 0.847. The molecule has 0 saturated carbocycles. The smallest absolute Gasteiger partial charge is 0.227 e. The lowest BCUT2D eigenvalue weighted by Crippen LogP contribution is -2.34. The Bertz CT molecular complexity index is 525. The molecular weight excluding hydrogens is 293 g/mol. The summed E-state index contributed by atoms with van der Waals surface area (Å²) in [4.78, 5) is 14.2. The van der Waals surface area contributed by atoms with Gasteiger partial charge >= 0.3 is 0 Å². The number of rotatable bonds is 6. The van der Waals surface area contributed by atoms with Crippen LogP contribution in [-0.4, -0.2) is 37.0 Å². The van der Waals surface area contributed by atoms with E-state index in [4.69, 9.17) is 5.73 Å². The van der Waals surface area contributed by atoms with Crippen LogP contribution in [0.5, 0.6) is 0 Å². The number of benzene rings is 1. The standard InChI is InChI=1S/C18H28FN3O/c1-13(2)18(23)21-17-12-15(4-5-16(17)19)14-6-10-22(11-7-14)9-3-8-20/h4-5,12-14H,3,6-11,20H2,1-2H3,(H,21,23). The fraction of sp³-hybridized carbons (Fsp3) is 0.611. The largest absolute Gasteiger partial charge is 0.330 e. The van der Waals surface area contributed by atoms with Crippen molar-refractivity contribution in [1.82, 2.24) is 4.90 Å². The lowest BCUT2D eigenvalue weighted by molar-refractivity contribution is -0.118. The Kier molecular flexibility index (Phi) is 6.54. The van der Waals surface area contributed by atoms with E-state index in [1.54, 1.807) is 19.9 Å². The Balaban J connectivity index is 2.00. The molecule has 1 aliphatic heterocycles. The van der Waals surface area contributed by atoms with E-state index >= 15 is 0 Å². The van der Waals surface area contributed by atoms with E-state index in [0.717, 1.165) is 51.0 Å². The second-order valence-electron chi connectivity index (χ2n) is 6.64. The predicted octanol–water partition coefficient (Wildman–Crippen LogP) is 2.95. The second-order valence-corrected chi connectivity index (χ2v) is 6.64. The molecule has 0 aromatic heterocycles. The third kappa shape index (κ3) is 5.01. The van der Waals surface area contributed by atoms with E-state index < -0.39 is 0 Å². The van der Waals surface area contributed by atoms with Crippen LogP contribution >= 0.6 is 0 Å². The predicted molar refractivity (Wildman–Crippen MR) is 92.0 cm³/mol. The van der Waals surface area contributed by atoms with Crippen molar-refractivity contribution in [1.29, 1.82) is 0 Å². The van der Waals surface area contributed by atoms with E-state index in [1.165, 1.54) is 6.07 Å². The first-order chi connectivity index (χ1) is 11.0. The highest BCUT2D eigenvalue weighted by atomic mass is 19.1. The van der Waals surface area contributed by atoms with Crippen LogP contribution < -0.4 is 11.1 Å². The molecule has 0 bridgehead atoms. The van der Waals surface area contributed by atoms with Gasteiger partial charge in [0.1, 0.15) is 5.82 Å². The number of hydrogen-bond donors (Lipinski definition) is 2. The SMILES string of the molecule is CC(C)C(=O)Nc1cc(C2CCN(CCCN)CC2)ccc1F. The second kappa shape index (κ2) is 8.41. The first-order valence-corrected chi connectivity index (χ1v) is 8.54. The van der Waals surface area contributed by atoms with Gasteiger partial charge in [-0.15, -0.1) is 0 Å². The van der Waals surface area contributed by atoms with E-state index in [0.29, 0.717) is 11.6 Å². The van der Waals surface area contributed by atoms with Gasteiger partial charge in [-0.25, -0.2) is 4.39 Å². The molecule has 1 saturated heterocycles. The Morgan fingerprint density at radius 1 is 1.39 bits per heavy atom. The van der Waals surface area contributed by atoms with Gasteiger partial charge in [0.05, 0.1) is 5.69 Å². The third-order valence-electron chi connectivity index (χ3n) is 4.51.